The summed E-state index contributed by atoms with van der Waals surface area (Å²) < 4.78 is 26.6. The zero-order chi connectivity index (χ0) is 21.5. The number of carbonyl (C=O) groups is 3. The number of amides is 3. The number of thiophene rings is 1. The molecule has 7 nitrogen and oxygen atoms in total. The molecular formula is C20H22F2N4O3S. The number of halogens is 2. The van der Waals surface area contributed by atoms with Crippen molar-refractivity contribution in [3.05, 3.63) is 52.2 Å². The lowest BCUT2D eigenvalue weighted by molar-refractivity contribution is -0.129. The summed E-state index contributed by atoms with van der Waals surface area (Å²) in [6.07, 6.45) is 0.669. The molecule has 1 fully saturated rings. The van der Waals surface area contributed by atoms with Crippen molar-refractivity contribution in [3.8, 4) is 0 Å². The summed E-state index contributed by atoms with van der Waals surface area (Å²) in [5.41, 5.74) is -0.0745. The van der Waals surface area contributed by atoms with Crippen LogP contribution >= 0.6 is 11.3 Å². The zero-order valence-electron chi connectivity index (χ0n) is 16.2. The van der Waals surface area contributed by atoms with Gasteiger partial charge in [-0.1, -0.05) is 6.07 Å². The van der Waals surface area contributed by atoms with E-state index in [4.69, 9.17) is 0 Å². The van der Waals surface area contributed by atoms with E-state index in [0.29, 0.717) is 43.5 Å². The molecule has 1 aliphatic heterocycles. The maximum Gasteiger partial charge on any atom is 0.261 e. The minimum Gasteiger partial charge on any atom is -0.342 e. The van der Waals surface area contributed by atoms with E-state index >= 15 is 0 Å². The molecule has 2 aromatic rings. The Morgan fingerprint density at radius 3 is 2.63 bits per heavy atom. The van der Waals surface area contributed by atoms with Crippen molar-refractivity contribution in [2.45, 2.75) is 6.42 Å². The summed E-state index contributed by atoms with van der Waals surface area (Å²) in [6.45, 7) is 1.98. The van der Waals surface area contributed by atoms with Crippen LogP contribution in [0.25, 0.3) is 0 Å². The summed E-state index contributed by atoms with van der Waals surface area (Å²) in [6, 6.07) is 6.42. The van der Waals surface area contributed by atoms with E-state index in [-0.39, 0.29) is 30.6 Å². The first kappa shape index (κ1) is 21.8. The summed E-state index contributed by atoms with van der Waals surface area (Å²) in [5.74, 6) is -2.42. The highest BCUT2D eigenvalue weighted by Crippen LogP contribution is 2.15. The molecule has 1 aromatic heterocycles. The van der Waals surface area contributed by atoms with Crippen molar-refractivity contribution in [2.75, 3.05) is 44.6 Å². The Bertz CT molecular complexity index is 907. The molecule has 160 valence electrons. The van der Waals surface area contributed by atoms with Crippen molar-refractivity contribution in [2.24, 2.45) is 0 Å². The van der Waals surface area contributed by atoms with Gasteiger partial charge in [-0.3, -0.25) is 19.3 Å². The maximum absolute atomic E-state index is 13.7. The third-order valence-corrected chi connectivity index (χ3v) is 5.53. The molecule has 3 amide bonds. The van der Waals surface area contributed by atoms with Crippen LogP contribution in [0.3, 0.4) is 0 Å². The topological polar surface area (TPSA) is 81.8 Å². The quantitative estimate of drug-likeness (QED) is 0.725. The number of hydrogen-bond donors (Lipinski definition) is 2. The van der Waals surface area contributed by atoms with Gasteiger partial charge in [0.25, 0.3) is 5.91 Å². The summed E-state index contributed by atoms with van der Waals surface area (Å²) in [4.78, 5) is 40.6. The number of benzene rings is 1. The molecule has 0 spiro atoms. The van der Waals surface area contributed by atoms with Crippen LogP contribution in [0.4, 0.5) is 14.5 Å². The second kappa shape index (κ2) is 10.3. The maximum atomic E-state index is 13.7. The molecule has 1 aromatic carbocycles. The molecule has 0 unspecified atom stereocenters. The molecule has 0 saturated carbocycles. The standard InChI is InChI=1S/C20H22F2N4O3S/c21-14-4-5-16(15(22)11-14)24-18(27)13-25-6-2-7-26(9-8-25)19(28)12-23-20(29)17-3-1-10-30-17/h1,3-5,10-11H,2,6-9,12-13H2,(H,23,29)(H,24,27). The van der Waals surface area contributed by atoms with Gasteiger partial charge in [-0.2, -0.15) is 0 Å². The van der Waals surface area contributed by atoms with Crippen LogP contribution in [0.15, 0.2) is 35.7 Å². The highest BCUT2D eigenvalue weighted by atomic mass is 32.1. The molecule has 0 radical (unpaired) electrons. The van der Waals surface area contributed by atoms with E-state index in [1.807, 2.05) is 4.90 Å². The molecule has 1 saturated heterocycles. The Morgan fingerprint density at radius 2 is 1.90 bits per heavy atom. The van der Waals surface area contributed by atoms with Crippen molar-refractivity contribution >= 4 is 34.7 Å². The molecule has 0 bridgehead atoms. The lowest BCUT2D eigenvalue weighted by Gasteiger charge is -2.22. The fraction of sp³-hybridized carbons (Fsp3) is 0.350. The second-order valence-electron chi connectivity index (χ2n) is 6.84. The van der Waals surface area contributed by atoms with Gasteiger partial charge in [-0.15, -0.1) is 11.3 Å². The predicted octanol–water partition coefficient (Wildman–Crippen LogP) is 1.93. The van der Waals surface area contributed by atoms with Gasteiger partial charge < -0.3 is 15.5 Å². The highest BCUT2D eigenvalue weighted by Gasteiger charge is 2.21. The number of rotatable bonds is 6. The van der Waals surface area contributed by atoms with E-state index in [0.717, 1.165) is 6.07 Å². The Labute approximate surface area is 176 Å². The molecule has 0 aliphatic carbocycles. The normalized spacial score (nSPS) is 14.8. The van der Waals surface area contributed by atoms with Gasteiger partial charge >= 0.3 is 0 Å². The van der Waals surface area contributed by atoms with Gasteiger partial charge in [0, 0.05) is 32.2 Å². The van der Waals surface area contributed by atoms with Gasteiger partial charge in [0.15, 0.2) is 0 Å². The first-order valence-electron chi connectivity index (χ1n) is 9.49. The smallest absolute Gasteiger partial charge is 0.261 e. The highest BCUT2D eigenvalue weighted by molar-refractivity contribution is 7.12. The predicted molar refractivity (Wildman–Crippen MR) is 109 cm³/mol. The van der Waals surface area contributed by atoms with Crippen LogP contribution < -0.4 is 10.6 Å². The largest absolute Gasteiger partial charge is 0.342 e. The lowest BCUT2D eigenvalue weighted by atomic mass is 10.3. The first-order chi connectivity index (χ1) is 14.4. The number of nitrogens with one attached hydrogen (secondary N) is 2. The third-order valence-electron chi connectivity index (χ3n) is 4.66. The van der Waals surface area contributed by atoms with Crippen molar-refractivity contribution < 1.29 is 23.2 Å². The average Bonchev–Trinajstić information content (AvgIpc) is 3.15. The minimum atomic E-state index is -0.833. The summed E-state index contributed by atoms with van der Waals surface area (Å²) >= 11 is 1.31. The molecule has 0 atom stereocenters. The van der Waals surface area contributed by atoms with Crippen LogP contribution in [0.5, 0.6) is 0 Å². The number of anilines is 1. The Morgan fingerprint density at radius 1 is 1.07 bits per heavy atom. The second-order valence-corrected chi connectivity index (χ2v) is 7.79. The molecule has 1 aliphatic rings. The van der Waals surface area contributed by atoms with E-state index in [9.17, 15) is 23.2 Å². The molecule has 2 N–H and O–H groups in total. The van der Waals surface area contributed by atoms with Crippen molar-refractivity contribution in [1.82, 2.24) is 15.1 Å². The minimum absolute atomic E-state index is 0.0357. The Kier molecular flexibility index (Phi) is 7.47. The fourth-order valence-corrected chi connectivity index (χ4v) is 3.76. The van der Waals surface area contributed by atoms with Gasteiger partial charge in [-0.05, 0) is 30.0 Å². The van der Waals surface area contributed by atoms with Gasteiger partial charge in [0.2, 0.25) is 11.8 Å². The van der Waals surface area contributed by atoms with E-state index in [1.54, 1.807) is 22.4 Å². The third kappa shape index (κ3) is 6.07. The van der Waals surface area contributed by atoms with E-state index in [2.05, 4.69) is 10.6 Å². The number of nitrogens with zero attached hydrogens (tertiary/aromatic N) is 2. The van der Waals surface area contributed by atoms with Crippen LogP contribution in [0.2, 0.25) is 0 Å². The Balaban J connectivity index is 1.44. The van der Waals surface area contributed by atoms with E-state index in [1.165, 1.54) is 17.4 Å². The molecule has 2 heterocycles. The molecule has 3 rings (SSSR count). The summed E-state index contributed by atoms with van der Waals surface area (Å²) in [7, 11) is 0. The van der Waals surface area contributed by atoms with E-state index < -0.39 is 17.5 Å². The van der Waals surface area contributed by atoms with Gasteiger partial charge in [0.05, 0.1) is 23.7 Å². The zero-order valence-corrected chi connectivity index (χ0v) is 17.0. The molecular weight excluding hydrogens is 414 g/mol. The monoisotopic (exact) mass is 436 g/mol. The van der Waals surface area contributed by atoms with Crippen LogP contribution in [-0.4, -0.2) is 66.8 Å². The van der Waals surface area contributed by atoms with Crippen LogP contribution in [0, 0.1) is 11.6 Å². The van der Waals surface area contributed by atoms with Crippen molar-refractivity contribution in [1.29, 1.82) is 0 Å². The SMILES string of the molecule is O=C(CN1CCCN(C(=O)CNC(=O)c2cccs2)CC1)Nc1ccc(F)cc1F. The Hall–Kier alpha value is -2.85. The van der Waals surface area contributed by atoms with Gasteiger partial charge in [-0.25, -0.2) is 8.78 Å². The summed E-state index contributed by atoms with van der Waals surface area (Å²) in [5, 5.41) is 6.85. The fourth-order valence-electron chi connectivity index (χ4n) is 3.12. The van der Waals surface area contributed by atoms with Gasteiger partial charge in [0.1, 0.15) is 11.6 Å². The number of hydrogen-bond acceptors (Lipinski definition) is 5. The van der Waals surface area contributed by atoms with Crippen LogP contribution in [0.1, 0.15) is 16.1 Å². The molecule has 10 heteroatoms. The lowest BCUT2D eigenvalue weighted by Crippen LogP contribution is -2.42. The average molecular weight is 436 g/mol. The number of carbonyl (C=O) groups excluding carboxylic acids is 3. The van der Waals surface area contributed by atoms with Crippen molar-refractivity contribution in [3.63, 3.8) is 0 Å². The first-order valence-corrected chi connectivity index (χ1v) is 10.4. The molecule has 30 heavy (non-hydrogen) atoms. The van der Waals surface area contributed by atoms with Crippen LogP contribution in [-0.2, 0) is 9.59 Å².